The molecule has 0 bridgehead atoms. The summed E-state index contributed by atoms with van der Waals surface area (Å²) in [5.41, 5.74) is -0.111. The molecule has 0 radical (unpaired) electrons. The van der Waals surface area contributed by atoms with Gasteiger partial charge in [-0.05, 0) is 38.5 Å². The number of hydrogen-bond acceptors (Lipinski definition) is 5. The third-order valence-electron chi connectivity index (χ3n) is 4.89. The molecular formula is C19H41IN4O3S. The third-order valence-corrected chi connectivity index (χ3v) is 5.84. The molecule has 0 aromatic heterocycles. The third kappa shape index (κ3) is 13.2. The number of halogens is 1. The Morgan fingerprint density at radius 1 is 1.29 bits per heavy atom. The second-order valence-corrected chi connectivity index (χ2v) is 10.9. The largest absolute Gasteiger partial charge is 0.377 e. The van der Waals surface area contributed by atoms with Gasteiger partial charge in [-0.15, -0.1) is 24.0 Å². The Hall–Kier alpha value is -0.130. The van der Waals surface area contributed by atoms with Gasteiger partial charge in [-0.2, -0.15) is 0 Å². The van der Waals surface area contributed by atoms with Gasteiger partial charge < -0.3 is 20.3 Å². The van der Waals surface area contributed by atoms with Gasteiger partial charge >= 0.3 is 0 Å². The smallest absolute Gasteiger partial charge is 0.191 e. The summed E-state index contributed by atoms with van der Waals surface area (Å²) in [6.45, 7) is 12.9. The lowest BCUT2D eigenvalue weighted by Crippen LogP contribution is -2.50. The quantitative estimate of drug-likeness (QED) is 0.255. The van der Waals surface area contributed by atoms with Crippen LogP contribution < -0.4 is 10.6 Å². The highest BCUT2D eigenvalue weighted by Gasteiger charge is 2.23. The molecule has 0 spiro atoms. The maximum Gasteiger partial charge on any atom is 0.191 e. The normalized spacial score (nSPS) is 17.5. The Morgan fingerprint density at radius 3 is 2.39 bits per heavy atom. The van der Waals surface area contributed by atoms with Gasteiger partial charge in [-0.25, -0.2) is 8.42 Å². The van der Waals surface area contributed by atoms with Gasteiger partial charge in [-0.1, -0.05) is 13.8 Å². The molecule has 0 aliphatic carbocycles. The zero-order chi connectivity index (χ0) is 20.5. The highest BCUT2D eigenvalue weighted by Crippen LogP contribution is 2.19. The molecule has 0 saturated carbocycles. The number of hydrogen-bond donors (Lipinski definition) is 2. The molecule has 1 rings (SSSR count). The van der Waals surface area contributed by atoms with Crippen molar-refractivity contribution in [2.24, 2.45) is 10.4 Å². The molecular weight excluding hydrogens is 491 g/mol. The maximum absolute atomic E-state index is 11.4. The van der Waals surface area contributed by atoms with Gasteiger partial charge in [-0.3, -0.25) is 4.99 Å². The van der Waals surface area contributed by atoms with Crippen LogP contribution in [0.4, 0.5) is 0 Å². The minimum atomic E-state index is -2.93. The first-order chi connectivity index (χ1) is 12.5. The molecule has 9 heteroatoms. The highest BCUT2D eigenvalue weighted by molar-refractivity contribution is 14.0. The van der Waals surface area contributed by atoms with E-state index in [1.54, 1.807) is 7.05 Å². The Balaban J connectivity index is 0.00000729. The minimum Gasteiger partial charge on any atom is -0.377 e. The van der Waals surface area contributed by atoms with Gasteiger partial charge in [0.2, 0.25) is 0 Å². The van der Waals surface area contributed by atoms with Crippen molar-refractivity contribution >= 4 is 39.8 Å². The maximum atomic E-state index is 11.4. The van der Waals surface area contributed by atoms with Crippen molar-refractivity contribution in [3.05, 3.63) is 0 Å². The molecule has 1 aliphatic rings. The summed E-state index contributed by atoms with van der Waals surface area (Å²) in [6, 6.07) is 0.414. The number of ether oxygens (including phenoxy) is 1. The summed E-state index contributed by atoms with van der Waals surface area (Å²) >= 11 is 0. The summed E-state index contributed by atoms with van der Waals surface area (Å²) in [4.78, 5) is 6.77. The molecule has 0 amide bonds. The average molecular weight is 533 g/mol. The van der Waals surface area contributed by atoms with Crippen LogP contribution in [-0.4, -0.2) is 83.3 Å². The Kier molecular flexibility index (Phi) is 13.2. The van der Waals surface area contributed by atoms with E-state index >= 15 is 0 Å². The monoisotopic (exact) mass is 532 g/mol. The molecule has 0 unspecified atom stereocenters. The number of nitrogens with one attached hydrogen (secondary N) is 2. The van der Waals surface area contributed by atoms with E-state index in [0.29, 0.717) is 25.1 Å². The van der Waals surface area contributed by atoms with E-state index in [9.17, 15) is 8.42 Å². The first kappa shape index (κ1) is 27.9. The Bertz CT molecular complexity index is 560. The van der Waals surface area contributed by atoms with E-state index in [0.717, 1.165) is 45.0 Å². The summed E-state index contributed by atoms with van der Waals surface area (Å²) in [7, 11) is -1.15. The van der Waals surface area contributed by atoms with Crippen molar-refractivity contribution < 1.29 is 13.2 Å². The predicted octanol–water partition coefficient (Wildman–Crippen LogP) is 2.12. The molecule has 28 heavy (non-hydrogen) atoms. The van der Waals surface area contributed by atoms with Crippen LogP contribution in [0.1, 0.15) is 47.0 Å². The number of nitrogens with zero attached hydrogens (tertiary/aromatic N) is 2. The van der Waals surface area contributed by atoms with Crippen LogP contribution >= 0.6 is 24.0 Å². The van der Waals surface area contributed by atoms with Gasteiger partial charge in [0.1, 0.15) is 9.84 Å². The van der Waals surface area contributed by atoms with Crippen LogP contribution in [0.3, 0.4) is 0 Å². The lowest BCUT2D eigenvalue weighted by Gasteiger charge is -2.33. The number of sulfone groups is 1. The molecule has 0 atom stereocenters. The number of piperidine rings is 1. The van der Waals surface area contributed by atoms with Crippen molar-refractivity contribution in [1.82, 2.24) is 15.5 Å². The van der Waals surface area contributed by atoms with Gasteiger partial charge in [0.15, 0.2) is 5.96 Å². The fourth-order valence-corrected chi connectivity index (χ4v) is 3.90. The molecule has 0 aromatic rings. The summed E-state index contributed by atoms with van der Waals surface area (Å²) < 4.78 is 28.4. The fraction of sp³-hybridized carbons (Fsp3) is 0.947. The number of rotatable bonds is 10. The second-order valence-electron chi connectivity index (χ2n) is 8.65. The minimum absolute atomic E-state index is 0. The number of aliphatic imine (C=N–C) groups is 1. The Morgan fingerprint density at radius 2 is 1.89 bits per heavy atom. The van der Waals surface area contributed by atoms with E-state index < -0.39 is 9.84 Å². The van der Waals surface area contributed by atoms with Crippen LogP contribution in [0.15, 0.2) is 4.99 Å². The van der Waals surface area contributed by atoms with E-state index in [4.69, 9.17) is 4.74 Å². The molecule has 7 nitrogen and oxygen atoms in total. The first-order valence-corrected chi connectivity index (χ1v) is 12.1. The van der Waals surface area contributed by atoms with E-state index in [1.165, 1.54) is 6.26 Å². The van der Waals surface area contributed by atoms with Crippen LogP contribution in [0.25, 0.3) is 0 Å². The van der Waals surface area contributed by atoms with Crippen LogP contribution in [-0.2, 0) is 14.6 Å². The molecule has 0 aromatic carbocycles. The predicted molar refractivity (Wildman–Crippen MR) is 129 cm³/mol. The lowest BCUT2D eigenvalue weighted by atomic mass is 9.90. The zero-order valence-corrected chi connectivity index (χ0v) is 21.6. The zero-order valence-electron chi connectivity index (χ0n) is 18.5. The van der Waals surface area contributed by atoms with Crippen LogP contribution in [0, 0.1) is 5.41 Å². The van der Waals surface area contributed by atoms with Gasteiger partial charge in [0, 0.05) is 45.5 Å². The summed E-state index contributed by atoms with van der Waals surface area (Å²) in [5, 5.41) is 6.87. The molecule has 1 aliphatic heterocycles. The molecule has 2 N–H and O–H groups in total. The van der Waals surface area contributed by atoms with Crippen molar-refractivity contribution in [2.45, 2.75) is 59.1 Å². The van der Waals surface area contributed by atoms with E-state index in [1.807, 2.05) is 0 Å². The standard InChI is InChI=1S/C19H40N4O3S.HI/c1-16(2)26-13-12-23-10-7-17(8-11-23)22-18(20-5)21-15-19(3,4)9-14-27(6,24)25;/h16-17H,7-15H2,1-6H3,(H2,20,21,22);1H. The van der Waals surface area contributed by atoms with E-state index in [-0.39, 0.29) is 35.1 Å². The summed E-state index contributed by atoms with van der Waals surface area (Å²) in [5.74, 6) is 1.01. The molecule has 1 saturated heterocycles. The molecule has 1 heterocycles. The number of guanidine groups is 1. The van der Waals surface area contributed by atoms with Gasteiger partial charge in [0.25, 0.3) is 0 Å². The topological polar surface area (TPSA) is 83.0 Å². The van der Waals surface area contributed by atoms with Crippen molar-refractivity contribution in [3.8, 4) is 0 Å². The van der Waals surface area contributed by atoms with Crippen molar-refractivity contribution in [1.29, 1.82) is 0 Å². The lowest BCUT2D eigenvalue weighted by molar-refractivity contribution is 0.0532. The summed E-state index contributed by atoms with van der Waals surface area (Å²) in [6.07, 6.45) is 4.38. The Labute approximate surface area is 189 Å². The first-order valence-electron chi connectivity index (χ1n) is 9.99. The SMILES string of the molecule is CN=C(NCC(C)(C)CCS(C)(=O)=O)NC1CCN(CCOC(C)C)CC1.I. The van der Waals surface area contributed by atoms with Crippen molar-refractivity contribution in [3.63, 3.8) is 0 Å². The fourth-order valence-electron chi connectivity index (χ4n) is 2.98. The van der Waals surface area contributed by atoms with E-state index in [2.05, 4.69) is 48.2 Å². The van der Waals surface area contributed by atoms with Crippen molar-refractivity contribution in [2.75, 3.05) is 51.8 Å². The molecule has 168 valence electrons. The van der Waals surface area contributed by atoms with Gasteiger partial charge in [0.05, 0.1) is 18.5 Å². The van der Waals surface area contributed by atoms with Crippen LogP contribution in [0.5, 0.6) is 0 Å². The molecule has 1 fully saturated rings. The highest BCUT2D eigenvalue weighted by atomic mass is 127. The average Bonchev–Trinajstić information content (AvgIpc) is 2.57. The number of likely N-dealkylation sites (tertiary alicyclic amines) is 1. The van der Waals surface area contributed by atoms with Crippen LogP contribution in [0.2, 0.25) is 0 Å². The second kappa shape index (κ2) is 13.2.